The molecule has 0 spiro atoms. The monoisotopic (exact) mass is 549 g/mol. The molecule has 1 atom stereocenters. The number of aromatic nitrogens is 2. The van der Waals surface area contributed by atoms with Gasteiger partial charge in [0.2, 0.25) is 11.9 Å². The van der Waals surface area contributed by atoms with Crippen LogP contribution in [0.15, 0.2) is 48.7 Å². The topological polar surface area (TPSA) is 117 Å². The number of anilines is 1. The summed E-state index contributed by atoms with van der Waals surface area (Å²) in [6.45, 7) is 2.20. The fourth-order valence-electron chi connectivity index (χ4n) is 5.13. The molecule has 1 saturated carbocycles. The molecule has 1 aliphatic heterocycles. The number of aliphatic hydroxyl groups is 1. The third-order valence-electron chi connectivity index (χ3n) is 7.34. The van der Waals surface area contributed by atoms with Crippen molar-refractivity contribution in [3.05, 3.63) is 70.4 Å². The number of ether oxygens (including phenoxy) is 1. The van der Waals surface area contributed by atoms with Gasteiger partial charge in [0.15, 0.2) is 0 Å². The van der Waals surface area contributed by atoms with Crippen molar-refractivity contribution >= 4 is 29.4 Å². The van der Waals surface area contributed by atoms with Crippen molar-refractivity contribution in [3.8, 4) is 17.0 Å². The minimum absolute atomic E-state index is 0.0461. The van der Waals surface area contributed by atoms with E-state index in [9.17, 15) is 14.7 Å². The van der Waals surface area contributed by atoms with Crippen LogP contribution >= 0.6 is 11.6 Å². The molecule has 0 radical (unpaired) electrons. The number of nitrogens with one attached hydrogen (secondary N) is 2. The van der Waals surface area contributed by atoms with Crippen LogP contribution in [0.1, 0.15) is 60.1 Å². The highest BCUT2D eigenvalue weighted by molar-refractivity contribution is 6.33. The molecular weight excluding hydrogens is 518 g/mol. The number of hydrogen-bond donors (Lipinski definition) is 3. The molecule has 10 heteroatoms. The quantitative estimate of drug-likeness (QED) is 0.382. The summed E-state index contributed by atoms with van der Waals surface area (Å²) in [5.41, 5.74) is 3.53. The Kier molecular flexibility index (Phi) is 7.99. The van der Waals surface area contributed by atoms with E-state index in [0.29, 0.717) is 34.3 Å². The first-order chi connectivity index (χ1) is 18.8. The summed E-state index contributed by atoms with van der Waals surface area (Å²) < 4.78 is 5.27. The van der Waals surface area contributed by atoms with Gasteiger partial charge in [-0.3, -0.25) is 9.59 Å². The van der Waals surface area contributed by atoms with Crippen molar-refractivity contribution < 1.29 is 19.4 Å². The van der Waals surface area contributed by atoms with Crippen LogP contribution in [-0.2, 0) is 11.3 Å². The number of rotatable bonds is 8. The van der Waals surface area contributed by atoms with E-state index in [4.69, 9.17) is 16.3 Å². The second-order valence-electron chi connectivity index (χ2n) is 10.1. The Hall–Kier alpha value is -3.69. The summed E-state index contributed by atoms with van der Waals surface area (Å²) in [6, 6.07) is 13.0. The van der Waals surface area contributed by atoms with Gasteiger partial charge in [-0.15, -0.1) is 0 Å². The van der Waals surface area contributed by atoms with Gasteiger partial charge in [0, 0.05) is 23.7 Å². The summed E-state index contributed by atoms with van der Waals surface area (Å²) in [7, 11) is 1.60. The predicted molar refractivity (Wildman–Crippen MR) is 149 cm³/mol. The number of benzene rings is 2. The molecule has 1 aliphatic carbocycles. The van der Waals surface area contributed by atoms with Gasteiger partial charge < -0.3 is 25.4 Å². The predicted octanol–water partition coefficient (Wildman–Crippen LogP) is 4.35. The van der Waals surface area contributed by atoms with Crippen LogP contribution in [0.25, 0.3) is 11.3 Å². The molecule has 0 unspecified atom stereocenters. The third kappa shape index (κ3) is 6.15. The Morgan fingerprint density at radius 3 is 2.77 bits per heavy atom. The summed E-state index contributed by atoms with van der Waals surface area (Å²) >= 11 is 6.45. The Balaban J connectivity index is 1.25. The summed E-state index contributed by atoms with van der Waals surface area (Å²) in [5.74, 6) is 0.734. The smallest absolute Gasteiger partial charge is 0.254 e. The van der Waals surface area contributed by atoms with E-state index in [-0.39, 0.29) is 36.5 Å². The van der Waals surface area contributed by atoms with Crippen molar-refractivity contribution in [1.82, 2.24) is 20.2 Å². The molecule has 9 nitrogen and oxygen atoms in total. The minimum Gasteiger partial charge on any atom is -0.497 e. The Morgan fingerprint density at radius 2 is 2.00 bits per heavy atom. The largest absolute Gasteiger partial charge is 0.497 e. The van der Waals surface area contributed by atoms with Gasteiger partial charge in [0.1, 0.15) is 12.3 Å². The van der Waals surface area contributed by atoms with E-state index in [1.165, 1.54) is 4.90 Å². The molecule has 3 aromatic rings. The van der Waals surface area contributed by atoms with Crippen molar-refractivity contribution in [2.45, 2.75) is 57.3 Å². The van der Waals surface area contributed by atoms with Crippen LogP contribution < -0.4 is 15.4 Å². The van der Waals surface area contributed by atoms with Crippen LogP contribution in [0.2, 0.25) is 5.02 Å². The number of methoxy groups -OCH3 is 1. The van der Waals surface area contributed by atoms with E-state index in [0.717, 1.165) is 42.6 Å². The van der Waals surface area contributed by atoms with Gasteiger partial charge in [-0.1, -0.05) is 35.9 Å². The fourth-order valence-corrected chi connectivity index (χ4v) is 5.33. The zero-order chi connectivity index (χ0) is 27.5. The lowest BCUT2D eigenvalue weighted by Crippen LogP contribution is -2.38. The zero-order valence-electron chi connectivity index (χ0n) is 22.0. The second-order valence-corrected chi connectivity index (χ2v) is 10.5. The molecule has 2 amide bonds. The molecule has 1 fully saturated rings. The highest BCUT2D eigenvalue weighted by Gasteiger charge is 2.30. The number of fused-ring (bicyclic) bond motifs is 1. The van der Waals surface area contributed by atoms with Gasteiger partial charge >= 0.3 is 0 Å². The fraction of sp³-hybridized carbons (Fsp3) is 0.379. The van der Waals surface area contributed by atoms with Crippen LogP contribution in [0.4, 0.5) is 5.95 Å². The molecule has 3 N–H and O–H groups in total. The average Bonchev–Trinajstić information content (AvgIpc) is 3.25. The van der Waals surface area contributed by atoms with Crippen molar-refractivity contribution in [3.63, 3.8) is 0 Å². The summed E-state index contributed by atoms with van der Waals surface area (Å²) in [6.07, 6.45) is 4.50. The average molecular weight is 550 g/mol. The molecule has 1 aromatic heterocycles. The van der Waals surface area contributed by atoms with Gasteiger partial charge in [0.25, 0.3) is 5.91 Å². The van der Waals surface area contributed by atoms with Gasteiger partial charge in [0.05, 0.1) is 36.2 Å². The number of halogens is 1. The van der Waals surface area contributed by atoms with E-state index < -0.39 is 0 Å². The molecule has 204 valence electrons. The molecule has 0 bridgehead atoms. The lowest BCUT2D eigenvalue weighted by Gasteiger charge is -2.26. The highest BCUT2D eigenvalue weighted by atomic mass is 35.5. The first-order valence-electron chi connectivity index (χ1n) is 13.1. The maximum atomic E-state index is 13.2. The maximum Gasteiger partial charge on any atom is 0.254 e. The standard InChI is InChI=1S/C29H32ClN5O4/c1-17(18-4-3-5-23(12-18)39-2)32-26(37)16-35-15-20-7-6-19(13-24(20)28(35)38)27-25(30)14-31-29(34-27)33-21-8-10-22(36)11-9-21/h3-7,12-14,17,21-22,36H,8-11,15-16H2,1-2H3,(H,32,37)(H,31,33,34)/t17-,21?,22?/m1/s1. The van der Waals surface area contributed by atoms with Crippen LogP contribution in [-0.4, -0.2) is 57.6 Å². The minimum atomic E-state index is -0.240. The first-order valence-corrected chi connectivity index (χ1v) is 13.5. The van der Waals surface area contributed by atoms with E-state index in [2.05, 4.69) is 20.6 Å². The third-order valence-corrected chi connectivity index (χ3v) is 7.62. The Bertz CT molecular complexity index is 1380. The molecule has 0 saturated heterocycles. The number of amides is 2. The number of hydrogen-bond acceptors (Lipinski definition) is 7. The molecule has 2 aliphatic rings. The Labute approximate surface area is 232 Å². The van der Waals surface area contributed by atoms with E-state index >= 15 is 0 Å². The van der Waals surface area contributed by atoms with Crippen molar-refractivity contribution in [1.29, 1.82) is 0 Å². The lowest BCUT2D eigenvalue weighted by molar-refractivity contribution is -0.122. The zero-order valence-corrected chi connectivity index (χ0v) is 22.7. The summed E-state index contributed by atoms with van der Waals surface area (Å²) in [5, 5.41) is 16.4. The second kappa shape index (κ2) is 11.6. The molecule has 39 heavy (non-hydrogen) atoms. The Morgan fingerprint density at radius 1 is 1.21 bits per heavy atom. The molecule has 5 rings (SSSR count). The van der Waals surface area contributed by atoms with Crippen molar-refractivity contribution in [2.24, 2.45) is 0 Å². The number of carbonyl (C=O) groups excluding carboxylic acids is 2. The molecule has 2 heterocycles. The summed E-state index contributed by atoms with van der Waals surface area (Å²) in [4.78, 5) is 36.5. The van der Waals surface area contributed by atoms with E-state index in [1.54, 1.807) is 19.4 Å². The van der Waals surface area contributed by atoms with Crippen LogP contribution in [0, 0.1) is 0 Å². The number of aliphatic hydroxyl groups excluding tert-OH is 1. The van der Waals surface area contributed by atoms with Crippen LogP contribution in [0.3, 0.4) is 0 Å². The first kappa shape index (κ1) is 26.9. The van der Waals surface area contributed by atoms with E-state index in [1.807, 2.05) is 43.3 Å². The van der Waals surface area contributed by atoms with Gasteiger partial charge in [-0.05, 0) is 61.9 Å². The molecular formula is C29H32ClN5O4. The normalized spacial score (nSPS) is 19.4. The van der Waals surface area contributed by atoms with Gasteiger partial charge in [-0.2, -0.15) is 0 Å². The number of carbonyl (C=O) groups is 2. The van der Waals surface area contributed by atoms with Crippen LogP contribution in [0.5, 0.6) is 5.75 Å². The molecule has 2 aromatic carbocycles. The van der Waals surface area contributed by atoms with Crippen molar-refractivity contribution in [2.75, 3.05) is 19.0 Å². The maximum absolute atomic E-state index is 13.2. The SMILES string of the molecule is COc1cccc([C@@H](C)NC(=O)CN2Cc3ccc(-c4nc(NC5CCC(O)CC5)ncc4Cl)cc3C2=O)c1. The highest BCUT2D eigenvalue weighted by Crippen LogP contribution is 2.32. The lowest BCUT2D eigenvalue weighted by atomic mass is 9.93. The number of nitrogens with zero attached hydrogens (tertiary/aromatic N) is 3. The van der Waals surface area contributed by atoms with Gasteiger partial charge in [-0.25, -0.2) is 9.97 Å².